The normalized spacial score (nSPS) is 21.9. The number of ketones is 1. The van der Waals surface area contributed by atoms with Crippen molar-refractivity contribution in [3.05, 3.63) is 59.5 Å². The lowest BCUT2D eigenvalue weighted by Gasteiger charge is -2.35. The molecular formula is C30H32N2O3S. The second-order valence-electron chi connectivity index (χ2n) is 11.1. The molecule has 1 amide bonds. The summed E-state index contributed by atoms with van der Waals surface area (Å²) in [5.74, 6) is -0.249. The van der Waals surface area contributed by atoms with E-state index in [0.717, 1.165) is 35.1 Å². The number of amides is 1. The lowest BCUT2D eigenvalue weighted by Crippen LogP contribution is -2.51. The zero-order chi connectivity index (χ0) is 25.4. The van der Waals surface area contributed by atoms with Crippen molar-refractivity contribution in [2.24, 2.45) is 11.8 Å². The zero-order valence-corrected chi connectivity index (χ0v) is 21.9. The maximum absolute atomic E-state index is 13.5. The van der Waals surface area contributed by atoms with Crippen LogP contribution in [0.25, 0.3) is 21.2 Å². The van der Waals surface area contributed by atoms with E-state index in [1.807, 2.05) is 39.0 Å². The van der Waals surface area contributed by atoms with Crippen LogP contribution in [0.5, 0.6) is 0 Å². The third-order valence-electron chi connectivity index (χ3n) is 7.27. The van der Waals surface area contributed by atoms with Crippen molar-refractivity contribution >= 4 is 33.3 Å². The highest BCUT2D eigenvalue weighted by atomic mass is 32.1. The van der Waals surface area contributed by atoms with Crippen molar-refractivity contribution in [2.75, 3.05) is 0 Å². The van der Waals surface area contributed by atoms with E-state index in [2.05, 4.69) is 42.5 Å². The Morgan fingerprint density at radius 2 is 1.89 bits per heavy atom. The van der Waals surface area contributed by atoms with Gasteiger partial charge in [0.25, 0.3) is 0 Å². The van der Waals surface area contributed by atoms with Gasteiger partial charge in [-0.25, -0.2) is 4.79 Å². The van der Waals surface area contributed by atoms with Crippen LogP contribution in [-0.4, -0.2) is 34.5 Å². The quantitative estimate of drug-likeness (QED) is 0.365. The average Bonchev–Trinajstić information content (AvgIpc) is 3.56. The first kappa shape index (κ1) is 24.5. The third kappa shape index (κ3) is 5.03. The number of nitriles is 1. The topological polar surface area (TPSA) is 70.4 Å². The van der Waals surface area contributed by atoms with Gasteiger partial charge in [0.2, 0.25) is 0 Å². The number of likely N-dealkylation sites (tertiary alicyclic amines) is 1. The Labute approximate surface area is 216 Å². The Kier molecular flexibility index (Phi) is 6.61. The summed E-state index contributed by atoms with van der Waals surface area (Å²) >= 11 is 1.68. The summed E-state index contributed by atoms with van der Waals surface area (Å²) in [4.78, 5) is 29.2. The molecule has 1 saturated carbocycles. The van der Waals surface area contributed by atoms with Crippen molar-refractivity contribution in [3.8, 4) is 17.2 Å². The number of piperidine rings is 1. The van der Waals surface area contributed by atoms with E-state index in [9.17, 15) is 14.9 Å². The highest BCUT2D eigenvalue weighted by Crippen LogP contribution is 2.44. The number of Topliss-reactive ketones (excluding diaryl/α,β-unsaturated/α-hetero) is 1. The van der Waals surface area contributed by atoms with Gasteiger partial charge in [0.1, 0.15) is 5.60 Å². The van der Waals surface area contributed by atoms with Crippen molar-refractivity contribution < 1.29 is 14.3 Å². The molecule has 2 bridgehead atoms. The molecule has 2 aromatic carbocycles. The maximum atomic E-state index is 13.5. The number of thiophene rings is 1. The summed E-state index contributed by atoms with van der Waals surface area (Å²) in [6, 6.07) is 20.8. The van der Waals surface area contributed by atoms with Crippen LogP contribution in [0.1, 0.15) is 51.3 Å². The summed E-state index contributed by atoms with van der Waals surface area (Å²) in [5, 5.41) is 11.1. The van der Waals surface area contributed by atoms with Gasteiger partial charge in [0.05, 0.1) is 18.0 Å². The van der Waals surface area contributed by atoms with Crippen LogP contribution in [0.2, 0.25) is 0 Å². The summed E-state index contributed by atoms with van der Waals surface area (Å²) in [7, 11) is 0. The van der Waals surface area contributed by atoms with Gasteiger partial charge in [-0.1, -0.05) is 36.4 Å². The van der Waals surface area contributed by atoms with Gasteiger partial charge >= 0.3 is 6.09 Å². The molecule has 1 aromatic heterocycles. The number of hydrogen-bond donors (Lipinski definition) is 0. The van der Waals surface area contributed by atoms with Gasteiger partial charge in [0.15, 0.2) is 5.78 Å². The van der Waals surface area contributed by atoms with Crippen molar-refractivity contribution in [1.82, 2.24) is 4.90 Å². The number of benzene rings is 2. The molecule has 186 valence electrons. The molecule has 1 aliphatic heterocycles. The molecule has 6 heteroatoms. The fourth-order valence-electron chi connectivity index (χ4n) is 5.76. The molecule has 0 spiro atoms. The van der Waals surface area contributed by atoms with Crippen LogP contribution in [0.3, 0.4) is 0 Å². The fourth-order valence-corrected chi connectivity index (χ4v) is 6.88. The Morgan fingerprint density at radius 3 is 2.61 bits per heavy atom. The first-order valence-electron chi connectivity index (χ1n) is 12.7. The van der Waals surface area contributed by atoms with Crippen LogP contribution in [-0.2, 0) is 16.0 Å². The first-order chi connectivity index (χ1) is 17.2. The molecule has 1 saturated heterocycles. The smallest absolute Gasteiger partial charge is 0.411 e. The van der Waals surface area contributed by atoms with E-state index in [-0.39, 0.29) is 24.2 Å². The number of hydrogen-bond acceptors (Lipinski definition) is 5. The Balaban J connectivity index is 1.29. The van der Waals surface area contributed by atoms with Crippen LogP contribution < -0.4 is 0 Å². The van der Waals surface area contributed by atoms with Gasteiger partial charge in [0, 0.05) is 22.0 Å². The summed E-state index contributed by atoms with van der Waals surface area (Å²) in [5.41, 5.74) is 1.73. The summed E-state index contributed by atoms with van der Waals surface area (Å²) in [6.45, 7) is 5.53. The van der Waals surface area contributed by atoms with Crippen LogP contribution >= 0.6 is 11.3 Å². The van der Waals surface area contributed by atoms with E-state index in [0.29, 0.717) is 6.42 Å². The molecule has 2 aliphatic rings. The minimum Gasteiger partial charge on any atom is -0.444 e. The highest BCUT2D eigenvalue weighted by Gasteiger charge is 2.52. The standard InChI is InChI=1S/C30H32N2O3S/c1-30(2,3)35-29(34)32-24-11-9-22(16-24)28(32)26(33)14-19(18-31)13-25-17-23-15-21(10-12-27(23)36-25)20-7-5-4-6-8-20/h4-8,10,12,15,17,19,22,24,28H,9,11,13-14,16H2,1-3H3/t19?,22-,24+,28-/m0/s1. The number of nitrogens with zero attached hydrogens (tertiary/aromatic N) is 2. The second kappa shape index (κ2) is 9.71. The van der Waals surface area contributed by atoms with E-state index in [1.165, 1.54) is 10.3 Å². The predicted octanol–water partition coefficient (Wildman–Crippen LogP) is 7.00. The second-order valence-corrected chi connectivity index (χ2v) is 12.3. The van der Waals surface area contributed by atoms with E-state index < -0.39 is 23.7 Å². The molecule has 4 atom stereocenters. The molecule has 0 N–H and O–H groups in total. The van der Waals surface area contributed by atoms with Gasteiger partial charge in [-0.2, -0.15) is 5.26 Å². The Hall–Kier alpha value is -3.17. The number of ether oxygens (including phenoxy) is 1. The molecule has 0 radical (unpaired) electrons. The zero-order valence-electron chi connectivity index (χ0n) is 21.1. The van der Waals surface area contributed by atoms with Gasteiger partial charge in [-0.15, -0.1) is 11.3 Å². The van der Waals surface area contributed by atoms with Crippen LogP contribution in [0.4, 0.5) is 4.79 Å². The maximum Gasteiger partial charge on any atom is 0.411 e. The largest absolute Gasteiger partial charge is 0.444 e. The SMILES string of the molecule is CC(C)(C)OC(=O)N1[C@@H]2CC[C@@H](C2)[C@H]1C(=O)CC(C#N)Cc1cc2cc(-c3ccccc3)ccc2s1. The Bertz CT molecular complexity index is 1320. The molecule has 1 unspecified atom stereocenters. The molecule has 1 aliphatic carbocycles. The molecular weight excluding hydrogens is 468 g/mol. The van der Waals surface area contributed by atoms with E-state index in [4.69, 9.17) is 4.74 Å². The number of rotatable bonds is 6. The minimum atomic E-state index is -0.608. The molecule has 5 rings (SSSR count). The number of carbonyl (C=O) groups excluding carboxylic acids is 2. The van der Waals surface area contributed by atoms with Gasteiger partial charge in [-0.05, 0) is 87.1 Å². The van der Waals surface area contributed by atoms with Crippen molar-refractivity contribution in [2.45, 2.75) is 70.6 Å². The van der Waals surface area contributed by atoms with Gasteiger partial charge in [-0.3, -0.25) is 9.69 Å². The minimum absolute atomic E-state index is 0.00733. The van der Waals surface area contributed by atoms with Crippen molar-refractivity contribution in [3.63, 3.8) is 0 Å². The monoisotopic (exact) mass is 500 g/mol. The molecule has 2 fully saturated rings. The lowest BCUT2D eigenvalue weighted by atomic mass is 9.89. The predicted molar refractivity (Wildman–Crippen MR) is 143 cm³/mol. The molecule has 2 heterocycles. The third-order valence-corrected chi connectivity index (χ3v) is 8.41. The van der Waals surface area contributed by atoms with Crippen LogP contribution in [0.15, 0.2) is 54.6 Å². The fraction of sp³-hybridized carbons (Fsp3) is 0.433. The lowest BCUT2D eigenvalue weighted by molar-refractivity contribution is -0.126. The summed E-state index contributed by atoms with van der Waals surface area (Å²) in [6.07, 6.45) is 3.02. The van der Waals surface area contributed by atoms with E-state index in [1.54, 1.807) is 16.2 Å². The first-order valence-corrected chi connectivity index (χ1v) is 13.5. The molecule has 36 heavy (non-hydrogen) atoms. The van der Waals surface area contributed by atoms with Gasteiger partial charge < -0.3 is 4.74 Å². The average molecular weight is 501 g/mol. The Morgan fingerprint density at radius 1 is 1.11 bits per heavy atom. The molecule has 5 nitrogen and oxygen atoms in total. The molecule has 3 aromatic rings. The summed E-state index contributed by atoms with van der Waals surface area (Å²) < 4.78 is 6.81. The van der Waals surface area contributed by atoms with Crippen molar-refractivity contribution in [1.29, 1.82) is 5.26 Å². The number of carbonyl (C=O) groups is 2. The highest BCUT2D eigenvalue weighted by molar-refractivity contribution is 7.19. The van der Waals surface area contributed by atoms with E-state index >= 15 is 0 Å². The number of fused-ring (bicyclic) bond motifs is 3. The van der Waals surface area contributed by atoms with Crippen LogP contribution in [0, 0.1) is 23.2 Å².